The van der Waals surface area contributed by atoms with Crippen LogP contribution in [-0.4, -0.2) is 45.0 Å². The van der Waals surface area contributed by atoms with Crippen molar-refractivity contribution in [2.45, 2.75) is 37.6 Å². The molecule has 1 aliphatic rings. The molecule has 2 N–H and O–H groups in total. The molecule has 1 fully saturated rings. The van der Waals surface area contributed by atoms with E-state index in [2.05, 4.69) is 0 Å². The SMILES string of the molecule is COCCCCCCC(=O)OCC1(N)COC1. The second-order valence-corrected chi connectivity index (χ2v) is 4.67. The van der Waals surface area contributed by atoms with Crippen molar-refractivity contribution in [3.63, 3.8) is 0 Å². The average Bonchev–Trinajstić information content (AvgIpc) is 2.28. The first-order chi connectivity index (χ1) is 8.16. The van der Waals surface area contributed by atoms with Crippen LogP contribution in [0.25, 0.3) is 0 Å². The summed E-state index contributed by atoms with van der Waals surface area (Å²) in [6, 6.07) is 0. The Bertz CT molecular complexity index is 229. The van der Waals surface area contributed by atoms with E-state index in [4.69, 9.17) is 19.9 Å². The maximum atomic E-state index is 11.4. The topological polar surface area (TPSA) is 70.8 Å². The summed E-state index contributed by atoms with van der Waals surface area (Å²) < 4.78 is 15.0. The van der Waals surface area contributed by atoms with Crippen LogP contribution in [0.3, 0.4) is 0 Å². The number of methoxy groups -OCH3 is 1. The lowest BCUT2D eigenvalue weighted by Crippen LogP contribution is -2.60. The molecule has 0 amide bonds. The summed E-state index contributed by atoms with van der Waals surface area (Å²) in [4.78, 5) is 11.4. The van der Waals surface area contributed by atoms with Gasteiger partial charge in [0.1, 0.15) is 6.61 Å². The number of esters is 1. The molecule has 0 unspecified atom stereocenters. The Hall–Kier alpha value is -0.650. The number of hydrogen-bond acceptors (Lipinski definition) is 5. The van der Waals surface area contributed by atoms with Gasteiger partial charge in [-0.3, -0.25) is 4.79 Å². The minimum atomic E-state index is -0.436. The van der Waals surface area contributed by atoms with E-state index in [1.165, 1.54) is 0 Å². The van der Waals surface area contributed by atoms with Gasteiger partial charge < -0.3 is 19.9 Å². The second kappa shape index (κ2) is 7.63. The Morgan fingerprint density at radius 1 is 1.29 bits per heavy atom. The highest BCUT2D eigenvalue weighted by molar-refractivity contribution is 5.69. The number of ether oxygens (including phenoxy) is 3. The fraction of sp³-hybridized carbons (Fsp3) is 0.917. The van der Waals surface area contributed by atoms with Gasteiger partial charge in [-0.05, 0) is 12.8 Å². The van der Waals surface area contributed by atoms with Crippen LogP contribution in [0.1, 0.15) is 32.1 Å². The van der Waals surface area contributed by atoms with Crippen molar-refractivity contribution in [3.8, 4) is 0 Å². The summed E-state index contributed by atoms with van der Waals surface area (Å²) in [6.45, 7) is 2.03. The van der Waals surface area contributed by atoms with Crippen molar-refractivity contribution < 1.29 is 19.0 Å². The molecule has 17 heavy (non-hydrogen) atoms. The third-order valence-electron chi connectivity index (χ3n) is 2.78. The van der Waals surface area contributed by atoms with Gasteiger partial charge in [-0.15, -0.1) is 0 Å². The Balaban J connectivity index is 1.90. The van der Waals surface area contributed by atoms with Crippen molar-refractivity contribution in [2.24, 2.45) is 5.73 Å². The van der Waals surface area contributed by atoms with Gasteiger partial charge in [-0.25, -0.2) is 0 Å². The van der Waals surface area contributed by atoms with Gasteiger partial charge in [-0.2, -0.15) is 0 Å². The predicted molar refractivity (Wildman–Crippen MR) is 63.7 cm³/mol. The van der Waals surface area contributed by atoms with Gasteiger partial charge in [-0.1, -0.05) is 12.8 Å². The Morgan fingerprint density at radius 2 is 2.00 bits per heavy atom. The number of hydrogen-bond donors (Lipinski definition) is 1. The quantitative estimate of drug-likeness (QED) is 0.482. The zero-order valence-electron chi connectivity index (χ0n) is 10.6. The van der Waals surface area contributed by atoms with E-state index in [-0.39, 0.29) is 12.6 Å². The molecule has 0 aromatic carbocycles. The van der Waals surface area contributed by atoms with Gasteiger partial charge in [0.2, 0.25) is 0 Å². The van der Waals surface area contributed by atoms with Crippen LogP contribution in [0.15, 0.2) is 0 Å². The van der Waals surface area contributed by atoms with Crippen LogP contribution >= 0.6 is 0 Å². The highest BCUT2D eigenvalue weighted by Gasteiger charge is 2.35. The Labute approximate surface area is 103 Å². The summed E-state index contributed by atoms with van der Waals surface area (Å²) in [7, 11) is 1.70. The fourth-order valence-electron chi connectivity index (χ4n) is 1.61. The van der Waals surface area contributed by atoms with Crippen LogP contribution in [0.5, 0.6) is 0 Å². The largest absolute Gasteiger partial charge is 0.464 e. The van der Waals surface area contributed by atoms with Crippen LogP contribution in [-0.2, 0) is 19.0 Å². The lowest BCUT2D eigenvalue weighted by molar-refractivity contribution is -0.153. The highest BCUT2D eigenvalue weighted by Crippen LogP contribution is 2.14. The van der Waals surface area contributed by atoms with Gasteiger partial charge >= 0.3 is 5.97 Å². The van der Waals surface area contributed by atoms with Gasteiger partial charge in [0.05, 0.1) is 18.8 Å². The van der Waals surface area contributed by atoms with Crippen molar-refractivity contribution in [3.05, 3.63) is 0 Å². The molecule has 0 bridgehead atoms. The maximum absolute atomic E-state index is 11.4. The normalized spacial score (nSPS) is 17.5. The molecule has 5 heteroatoms. The van der Waals surface area contributed by atoms with E-state index in [1.54, 1.807) is 7.11 Å². The first kappa shape index (κ1) is 14.4. The molecule has 0 aromatic heterocycles. The molecular formula is C12H23NO4. The Morgan fingerprint density at radius 3 is 2.59 bits per heavy atom. The Kier molecular flexibility index (Phi) is 6.47. The predicted octanol–water partition coefficient (Wildman–Crippen LogP) is 0.854. The lowest BCUT2D eigenvalue weighted by atomic mass is 10.0. The molecule has 1 saturated heterocycles. The minimum absolute atomic E-state index is 0.159. The van der Waals surface area contributed by atoms with Gasteiger partial charge in [0.15, 0.2) is 0 Å². The van der Waals surface area contributed by atoms with E-state index in [0.29, 0.717) is 19.6 Å². The van der Waals surface area contributed by atoms with Crippen molar-refractivity contribution in [1.29, 1.82) is 0 Å². The van der Waals surface area contributed by atoms with Crippen molar-refractivity contribution in [1.82, 2.24) is 0 Å². The monoisotopic (exact) mass is 245 g/mol. The van der Waals surface area contributed by atoms with E-state index in [9.17, 15) is 4.79 Å². The van der Waals surface area contributed by atoms with Gasteiger partial charge in [0, 0.05) is 20.1 Å². The summed E-state index contributed by atoms with van der Waals surface area (Å²) in [5, 5.41) is 0. The number of carbonyl (C=O) groups excluding carboxylic acids is 1. The molecule has 0 atom stereocenters. The summed E-state index contributed by atoms with van der Waals surface area (Å²) >= 11 is 0. The molecule has 0 spiro atoms. The molecule has 1 rings (SSSR count). The average molecular weight is 245 g/mol. The number of carbonyl (C=O) groups is 1. The molecule has 0 saturated carbocycles. The van der Waals surface area contributed by atoms with Crippen LogP contribution < -0.4 is 5.73 Å². The van der Waals surface area contributed by atoms with E-state index >= 15 is 0 Å². The zero-order chi connectivity index (χ0) is 12.6. The van der Waals surface area contributed by atoms with Crippen LogP contribution in [0.2, 0.25) is 0 Å². The lowest BCUT2D eigenvalue weighted by Gasteiger charge is -2.36. The fourth-order valence-corrected chi connectivity index (χ4v) is 1.61. The molecule has 1 heterocycles. The van der Waals surface area contributed by atoms with E-state index < -0.39 is 5.54 Å². The van der Waals surface area contributed by atoms with Crippen LogP contribution in [0, 0.1) is 0 Å². The number of rotatable bonds is 9. The van der Waals surface area contributed by atoms with Crippen molar-refractivity contribution in [2.75, 3.05) is 33.5 Å². The van der Waals surface area contributed by atoms with Gasteiger partial charge in [0.25, 0.3) is 0 Å². The molecule has 0 aromatic rings. The standard InChI is InChI=1S/C12H23NO4/c1-15-7-5-3-2-4-6-11(14)17-10-12(13)8-16-9-12/h2-10,13H2,1H3. The number of nitrogens with two attached hydrogens (primary N) is 1. The molecule has 0 radical (unpaired) electrons. The third kappa shape index (κ3) is 6.00. The number of unbranched alkanes of at least 4 members (excludes halogenated alkanes) is 3. The molecule has 5 nitrogen and oxygen atoms in total. The smallest absolute Gasteiger partial charge is 0.305 e. The summed E-state index contributed by atoms with van der Waals surface area (Å²) in [5.74, 6) is -0.159. The second-order valence-electron chi connectivity index (χ2n) is 4.67. The first-order valence-electron chi connectivity index (χ1n) is 6.17. The van der Waals surface area contributed by atoms with E-state index in [1.807, 2.05) is 0 Å². The molecule has 1 aliphatic heterocycles. The molecular weight excluding hydrogens is 222 g/mol. The molecule has 100 valence electrons. The summed E-state index contributed by atoms with van der Waals surface area (Å²) in [6.07, 6.45) is 4.53. The minimum Gasteiger partial charge on any atom is -0.464 e. The van der Waals surface area contributed by atoms with E-state index in [0.717, 1.165) is 32.3 Å². The highest BCUT2D eigenvalue weighted by atomic mass is 16.5. The van der Waals surface area contributed by atoms with Crippen molar-refractivity contribution >= 4 is 5.97 Å². The first-order valence-corrected chi connectivity index (χ1v) is 6.17. The van der Waals surface area contributed by atoms with Crippen LogP contribution in [0.4, 0.5) is 0 Å². The third-order valence-corrected chi connectivity index (χ3v) is 2.78. The summed E-state index contributed by atoms with van der Waals surface area (Å²) in [5.41, 5.74) is 5.41. The molecule has 0 aliphatic carbocycles. The zero-order valence-corrected chi connectivity index (χ0v) is 10.6. The maximum Gasteiger partial charge on any atom is 0.305 e.